The largest absolute Gasteiger partial charge is 0.283 e. The highest BCUT2D eigenvalue weighted by Gasteiger charge is 2.13. The minimum Gasteiger partial charge on any atom is -0.267 e. The van der Waals surface area contributed by atoms with Crippen LogP contribution >= 0.6 is 45.9 Å². The molecule has 0 aliphatic carbocycles. The van der Waals surface area contributed by atoms with Crippen LogP contribution < -0.4 is 5.56 Å². The minimum absolute atomic E-state index is 0.212. The van der Waals surface area contributed by atoms with Crippen molar-refractivity contribution in [2.75, 3.05) is 0 Å². The quantitative estimate of drug-likeness (QED) is 0.429. The maximum Gasteiger partial charge on any atom is 0.283 e. The van der Waals surface area contributed by atoms with E-state index in [1.54, 1.807) is 29.5 Å². The summed E-state index contributed by atoms with van der Waals surface area (Å²) in [4.78, 5) is 18.9. The van der Waals surface area contributed by atoms with Crippen molar-refractivity contribution in [3.05, 3.63) is 73.4 Å². The molecule has 0 spiro atoms. The second kappa shape index (κ2) is 6.72. The van der Waals surface area contributed by atoms with Gasteiger partial charge in [0.2, 0.25) is 0 Å². The molecule has 0 unspecified atom stereocenters. The average Bonchev–Trinajstić information content (AvgIpc) is 3.24. The Labute approximate surface area is 160 Å². The maximum absolute atomic E-state index is 12.8. The molecule has 0 saturated carbocycles. The van der Waals surface area contributed by atoms with Crippen LogP contribution in [0.25, 0.3) is 20.7 Å². The first-order valence-corrected chi connectivity index (χ1v) is 9.67. The van der Waals surface area contributed by atoms with E-state index in [9.17, 15) is 4.79 Å². The Morgan fingerprint density at radius 1 is 1.20 bits per heavy atom. The highest BCUT2D eigenvalue weighted by Crippen LogP contribution is 2.33. The molecule has 3 heterocycles. The first-order chi connectivity index (χ1) is 12.1. The zero-order chi connectivity index (χ0) is 17.4. The van der Waals surface area contributed by atoms with Gasteiger partial charge in [-0.1, -0.05) is 35.3 Å². The van der Waals surface area contributed by atoms with E-state index >= 15 is 0 Å². The summed E-state index contributed by atoms with van der Waals surface area (Å²) in [7, 11) is 0. The van der Waals surface area contributed by atoms with Crippen molar-refractivity contribution < 1.29 is 0 Å². The van der Waals surface area contributed by atoms with E-state index in [1.165, 1.54) is 28.6 Å². The Bertz CT molecular complexity index is 1150. The lowest BCUT2D eigenvalue weighted by atomic mass is 10.2. The molecule has 4 nitrogen and oxygen atoms in total. The lowest BCUT2D eigenvalue weighted by Crippen LogP contribution is -2.16. The summed E-state index contributed by atoms with van der Waals surface area (Å²) in [6.45, 7) is 0. The highest BCUT2D eigenvalue weighted by atomic mass is 35.5. The molecule has 3 aromatic heterocycles. The minimum atomic E-state index is -0.212. The molecule has 0 radical (unpaired) electrons. The van der Waals surface area contributed by atoms with Crippen LogP contribution in [0.5, 0.6) is 0 Å². The van der Waals surface area contributed by atoms with Gasteiger partial charge in [-0.2, -0.15) is 9.78 Å². The number of halogens is 2. The molecule has 4 rings (SSSR count). The third kappa shape index (κ3) is 3.14. The van der Waals surface area contributed by atoms with E-state index in [-0.39, 0.29) is 5.56 Å². The van der Waals surface area contributed by atoms with Gasteiger partial charge in [-0.15, -0.1) is 22.7 Å². The summed E-state index contributed by atoms with van der Waals surface area (Å²) < 4.78 is 1.22. The summed E-state index contributed by atoms with van der Waals surface area (Å²) in [5.74, 6) is 0. The molecule has 0 atom stereocenters. The molecule has 0 bridgehead atoms. The number of nitrogens with zero attached hydrogens (tertiary/aromatic N) is 3. The van der Waals surface area contributed by atoms with Gasteiger partial charge in [0.15, 0.2) is 0 Å². The van der Waals surface area contributed by atoms with Gasteiger partial charge in [0, 0.05) is 26.4 Å². The van der Waals surface area contributed by atoms with Crippen molar-refractivity contribution in [1.29, 1.82) is 0 Å². The van der Waals surface area contributed by atoms with Gasteiger partial charge >= 0.3 is 0 Å². The van der Waals surface area contributed by atoms with Crippen molar-refractivity contribution in [3.63, 3.8) is 0 Å². The summed E-state index contributed by atoms with van der Waals surface area (Å²) in [5.41, 5.74) is 1.35. The number of thiophene rings is 2. The van der Waals surface area contributed by atoms with Crippen LogP contribution in [0.1, 0.15) is 5.56 Å². The predicted molar refractivity (Wildman–Crippen MR) is 107 cm³/mol. The zero-order valence-electron chi connectivity index (χ0n) is 12.5. The number of fused-ring (bicyclic) bond motifs is 1. The molecule has 25 heavy (non-hydrogen) atoms. The molecule has 8 heteroatoms. The lowest BCUT2D eigenvalue weighted by Gasteiger charge is -2.01. The molecule has 124 valence electrons. The summed E-state index contributed by atoms with van der Waals surface area (Å²) in [6, 6.07) is 9.03. The molecule has 0 aliphatic heterocycles. The first-order valence-electron chi connectivity index (χ1n) is 7.15. The van der Waals surface area contributed by atoms with Gasteiger partial charge in [0.25, 0.3) is 5.56 Å². The molecule has 0 saturated heterocycles. The Balaban J connectivity index is 1.81. The van der Waals surface area contributed by atoms with Crippen LogP contribution in [-0.2, 0) is 0 Å². The summed E-state index contributed by atoms with van der Waals surface area (Å²) in [5, 5.41) is 9.74. The highest BCUT2D eigenvalue weighted by molar-refractivity contribution is 7.18. The molecular weight excluding hydrogens is 397 g/mol. The Morgan fingerprint density at radius 3 is 2.84 bits per heavy atom. The Kier molecular flexibility index (Phi) is 4.43. The topological polar surface area (TPSA) is 47.2 Å². The van der Waals surface area contributed by atoms with Gasteiger partial charge in [0.1, 0.15) is 11.2 Å². The van der Waals surface area contributed by atoms with Gasteiger partial charge in [-0.3, -0.25) is 4.79 Å². The van der Waals surface area contributed by atoms with Crippen molar-refractivity contribution in [2.24, 2.45) is 5.10 Å². The second-order valence-corrected chi connectivity index (χ2v) is 7.76. The van der Waals surface area contributed by atoms with Crippen molar-refractivity contribution in [1.82, 2.24) is 9.66 Å². The third-order valence-electron chi connectivity index (χ3n) is 3.55. The normalized spacial score (nSPS) is 11.6. The van der Waals surface area contributed by atoms with E-state index in [4.69, 9.17) is 23.2 Å². The summed E-state index contributed by atoms with van der Waals surface area (Å²) in [6.07, 6.45) is 2.93. The SMILES string of the molecule is O=c1c2c(-c3cccs3)csc2ncn1/N=C\c1ccc(Cl)cc1Cl. The molecule has 4 aromatic rings. The van der Waals surface area contributed by atoms with E-state index in [0.717, 1.165) is 10.4 Å². The Hall–Kier alpha value is -1.99. The van der Waals surface area contributed by atoms with Crippen molar-refractivity contribution in [2.45, 2.75) is 0 Å². The van der Waals surface area contributed by atoms with Gasteiger partial charge in [0.05, 0.1) is 16.6 Å². The number of benzene rings is 1. The van der Waals surface area contributed by atoms with E-state index < -0.39 is 0 Å². The van der Waals surface area contributed by atoms with Crippen molar-refractivity contribution in [3.8, 4) is 10.4 Å². The fourth-order valence-corrected chi connectivity index (χ4v) is 4.53. The second-order valence-electron chi connectivity index (χ2n) is 5.11. The van der Waals surface area contributed by atoms with Crippen LogP contribution in [0.4, 0.5) is 0 Å². The van der Waals surface area contributed by atoms with Crippen LogP contribution in [0.2, 0.25) is 10.0 Å². The average molecular weight is 406 g/mol. The number of aromatic nitrogens is 2. The third-order valence-corrected chi connectivity index (χ3v) is 5.90. The van der Waals surface area contributed by atoms with Crippen LogP contribution in [0.15, 0.2) is 57.3 Å². The van der Waals surface area contributed by atoms with E-state index in [1.807, 2.05) is 22.9 Å². The van der Waals surface area contributed by atoms with Crippen LogP contribution in [-0.4, -0.2) is 15.9 Å². The van der Waals surface area contributed by atoms with Crippen molar-refractivity contribution >= 4 is 62.3 Å². The van der Waals surface area contributed by atoms with Crippen LogP contribution in [0.3, 0.4) is 0 Å². The molecule has 0 N–H and O–H groups in total. The standard InChI is InChI=1S/C17H9Cl2N3OS2/c18-11-4-3-10(13(19)6-11)7-21-22-9-20-16-15(17(22)23)12(8-25-16)14-2-1-5-24-14/h1-9H/b21-7-. The first kappa shape index (κ1) is 16.5. The fourth-order valence-electron chi connectivity index (χ4n) is 2.35. The summed E-state index contributed by atoms with van der Waals surface area (Å²) >= 11 is 15.1. The molecule has 0 aliphatic rings. The Morgan fingerprint density at radius 2 is 2.08 bits per heavy atom. The van der Waals surface area contributed by atoms with E-state index in [0.29, 0.717) is 25.8 Å². The maximum atomic E-state index is 12.8. The zero-order valence-corrected chi connectivity index (χ0v) is 15.7. The number of hydrogen-bond acceptors (Lipinski definition) is 5. The molecule has 0 fully saturated rings. The van der Waals surface area contributed by atoms with Gasteiger partial charge in [-0.25, -0.2) is 4.98 Å². The van der Waals surface area contributed by atoms with Crippen LogP contribution in [0, 0.1) is 0 Å². The molecule has 1 aromatic carbocycles. The number of rotatable bonds is 3. The van der Waals surface area contributed by atoms with Gasteiger partial charge in [-0.05, 0) is 23.6 Å². The predicted octanol–water partition coefficient (Wildman–Crippen LogP) is 5.38. The van der Waals surface area contributed by atoms with E-state index in [2.05, 4.69) is 10.1 Å². The molecule has 0 amide bonds. The smallest absolute Gasteiger partial charge is 0.267 e. The lowest BCUT2D eigenvalue weighted by molar-refractivity contribution is 0.819. The van der Waals surface area contributed by atoms with Gasteiger partial charge < -0.3 is 0 Å². The monoisotopic (exact) mass is 405 g/mol. The number of hydrogen-bond donors (Lipinski definition) is 0. The fraction of sp³-hybridized carbons (Fsp3) is 0. The molecular formula is C17H9Cl2N3OS2.